The highest BCUT2D eigenvalue weighted by Gasteiger charge is 2.52. The van der Waals surface area contributed by atoms with E-state index < -0.39 is 35.7 Å². The van der Waals surface area contributed by atoms with E-state index in [2.05, 4.69) is 0 Å². The molecule has 3 rings (SSSR count). The maximum absolute atomic E-state index is 12.6. The average molecular weight is 334 g/mol. The zero-order valence-electron chi connectivity index (χ0n) is 12.3. The lowest BCUT2D eigenvalue weighted by Gasteiger charge is -2.23. The molecule has 0 saturated carbocycles. The number of carboxylic acids is 1. The molecular formula is C17H16ClNO4. The van der Waals surface area contributed by atoms with Crippen molar-refractivity contribution in [3.05, 3.63) is 47.0 Å². The van der Waals surface area contributed by atoms with E-state index in [9.17, 15) is 19.5 Å². The molecule has 5 nitrogen and oxygen atoms in total. The quantitative estimate of drug-likeness (QED) is 0.857. The van der Waals surface area contributed by atoms with Crippen LogP contribution in [0.4, 0.5) is 0 Å². The molecule has 1 saturated heterocycles. The van der Waals surface area contributed by atoms with Crippen molar-refractivity contribution in [2.45, 2.75) is 25.3 Å². The number of hydrogen-bond acceptors (Lipinski definition) is 3. The first-order valence-corrected chi connectivity index (χ1v) is 7.85. The molecule has 23 heavy (non-hydrogen) atoms. The van der Waals surface area contributed by atoms with E-state index in [1.165, 1.54) is 0 Å². The van der Waals surface area contributed by atoms with Gasteiger partial charge in [-0.2, -0.15) is 0 Å². The molecule has 1 N–H and O–H groups in total. The van der Waals surface area contributed by atoms with Gasteiger partial charge in [-0.15, -0.1) is 0 Å². The molecule has 1 aromatic carbocycles. The van der Waals surface area contributed by atoms with Crippen LogP contribution in [0.1, 0.15) is 18.4 Å². The number of fused-ring (bicyclic) bond motifs is 1. The van der Waals surface area contributed by atoms with Gasteiger partial charge in [-0.1, -0.05) is 48.0 Å². The number of amides is 2. The Morgan fingerprint density at radius 3 is 2.52 bits per heavy atom. The minimum Gasteiger partial charge on any atom is -0.480 e. The Balaban J connectivity index is 1.87. The Bertz CT molecular complexity index is 685. The Kier molecular flexibility index (Phi) is 4.22. The van der Waals surface area contributed by atoms with Crippen LogP contribution in [0.3, 0.4) is 0 Å². The summed E-state index contributed by atoms with van der Waals surface area (Å²) >= 11 is 5.98. The number of allylic oxidation sites excluding steroid dienone is 2. The van der Waals surface area contributed by atoms with Gasteiger partial charge in [0, 0.05) is 11.5 Å². The van der Waals surface area contributed by atoms with Gasteiger partial charge in [0.25, 0.3) is 0 Å². The number of carboxylic acid groups (broad SMARTS) is 1. The van der Waals surface area contributed by atoms with Crippen LogP contribution in [-0.2, 0) is 20.8 Å². The highest BCUT2D eigenvalue weighted by atomic mass is 35.5. The minimum absolute atomic E-state index is 0.105. The Hall–Kier alpha value is -2.14. The van der Waals surface area contributed by atoms with Gasteiger partial charge in [0.05, 0.1) is 11.8 Å². The molecule has 0 aromatic heterocycles. The number of carbonyl (C=O) groups excluding carboxylic acids is 2. The Labute approximate surface area is 138 Å². The maximum Gasteiger partial charge on any atom is 0.327 e. The number of benzene rings is 1. The van der Waals surface area contributed by atoms with Crippen LogP contribution in [0, 0.1) is 11.8 Å². The summed E-state index contributed by atoms with van der Waals surface area (Å²) in [6.07, 6.45) is 2.55. The lowest BCUT2D eigenvalue weighted by molar-refractivity contribution is -0.155. The van der Waals surface area contributed by atoms with E-state index in [0.29, 0.717) is 17.9 Å². The normalized spacial score (nSPS) is 25.1. The van der Waals surface area contributed by atoms with Crippen molar-refractivity contribution >= 4 is 29.4 Å². The molecule has 0 unspecified atom stereocenters. The van der Waals surface area contributed by atoms with Crippen LogP contribution >= 0.6 is 11.6 Å². The molecule has 3 atom stereocenters. The van der Waals surface area contributed by atoms with Gasteiger partial charge in [-0.05, 0) is 18.4 Å². The van der Waals surface area contributed by atoms with Crippen molar-refractivity contribution < 1.29 is 19.5 Å². The summed E-state index contributed by atoms with van der Waals surface area (Å²) in [7, 11) is 0. The van der Waals surface area contributed by atoms with Crippen molar-refractivity contribution in [2.75, 3.05) is 0 Å². The number of aliphatic carboxylic acids is 1. The third-order valence-corrected chi connectivity index (χ3v) is 4.78. The molecule has 0 bridgehead atoms. The molecule has 120 valence electrons. The molecule has 0 radical (unpaired) electrons. The largest absolute Gasteiger partial charge is 0.480 e. The average Bonchev–Trinajstić information content (AvgIpc) is 2.77. The topological polar surface area (TPSA) is 74.7 Å². The van der Waals surface area contributed by atoms with Crippen molar-refractivity contribution in [3.63, 3.8) is 0 Å². The number of imide groups is 1. The minimum atomic E-state index is -1.18. The fraction of sp³-hybridized carbons (Fsp3) is 0.353. The molecule has 1 aliphatic heterocycles. The van der Waals surface area contributed by atoms with Gasteiger partial charge in [0.2, 0.25) is 11.8 Å². The van der Waals surface area contributed by atoms with E-state index in [0.717, 1.165) is 10.5 Å². The van der Waals surface area contributed by atoms with Crippen LogP contribution in [0.15, 0.2) is 41.4 Å². The van der Waals surface area contributed by atoms with Gasteiger partial charge in [0.15, 0.2) is 0 Å². The summed E-state index contributed by atoms with van der Waals surface area (Å²) in [5.41, 5.74) is 0.770. The Morgan fingerprint density at radius 1 is 1.22 bits per heavy atom. The molecule has 1 fully saturated rings. The Morgan fingerprint density at radius 2 is 1.87 bits per heavy atom. The molecule has 0 spiro atoms. The van der Waals surface area contributed by atoms with Crippen molar-refractivity contribution in [2.24, 2.45) is 11.8 Å². The summed E-state index contributed by atoms with van der Waals surface area (Å²) in [6.45, 7) is 0. The number of likely N-dealkylation sites (tertiary alicyclic amines) is 1. The van der Waals surface area contributed by atoms with Crippen molar-refractivity contribution in [1.29, 1.82) is 0 Å². The molecule has 2 amide bonds. The number of hydrogen-bond donors (Lipinski definition) is 1. The summed E-state index contributed by atoms with van der Waals surface area (Å²) < 4.78 is 0. The first kappa shape index (κ1) is 15.7. The summed E-state index contributed by atoms with van der Waals surface area (Å²) in [5, 5.41) is 10.1. The summed E-state index contributed by atoms with van der Waals surface area (Å²) in [5.74, 6) is -3.01. The lowest BCUT2D eigenvalue weighted by Crippen LogP contribution is -2.46. The van der Waals surface area contributed by atoms with Gasteiger partial charge in [-0.25, -0.2) is 4.79 Å². The highest BCUT2D eigenvalue weighted by molar-refractivity contribution is 6.30. The van der Waals surface area contributed by atoms with E-state index in [-0.39, 0.29) is 6.42 Å². The van der Waals surface area contributed by atoms with Crippen molar-refractivity contribution in [1.82, 2.24) is 4.90 Å². The third kappa shape index (κ3) is 2.88. The first-order valence-electron chi connectivity index (χ1n) is 7.47. The second kappa shape index (κ2) is 6.16. The fourth-order valence-electron chi connectivity index (χ4n) is 3.29. The second-order valence-electron chi connectivity index (χ2n) is 5.89. The highest BCUT2D eigenvalue weighted by Crippen LogP contribution is 2.40. The summed E-state index contributed by atoms with van der Waals surface area (Å²) in [6, 6.07) is 7.81. The zero-order chi connectivity index (χ0) is 16.6. The molecule has 1 heterocycles. The summed E-state index contributed by atoms with van der Waals surface area (Å²) in [4.78, 5) is 37.8. The fourth-order valence-corrected chi connectivity index (χ4v) is 3.54. The standard InChI is InChI=1S/C17H16ClNO4/c18-11-6-7-12-13(9-11)16(21)19(15(12)20)14(17(22)23)8-10-4-2-1-3-5-10/h1-6,12-14H,7-9H2,(H,22,23)/t12-,13-,14-/m0/s1. The molecule has 1 aliphatic carbocycles. The van der Waals surface area contributed by atoms with Gasteiger partial charge in [0.1, 0.15) is 6.04 Å². The number of halogens is 1. The van der Waals surface area contributed by atoms with Crippen LogP contribution < -0.4 is 0 Å². The first-order chi connectivity index (χ1) is 11.0. The molecule has 6 heteroatoms. The SMILES string of the molecule is O=C(O)[C@H](Cc1ccccc1)N1C(=O)[C@H]2CC=C(Cl)C[C@@H]2C1=O. The maximum atomic E-state index is 12.6. The number of rotatable bonds is 4. The molecule has 1 aromatic rings. The van der Waals surface area contributed by atoms with E-state index >= 15 is 0 Å². The van der Waals surface area contributed by atoms with Crippen LogP contribution in [0.2, 0.25) is 0 Å². The molecular weight excluding hydrogens is 318 g/mol. The second-order valence-corrected chi connectivity index (χ2v) is 6.38. The van der Waals surface area contributed by atoms with E-state index in [1.54, 1.807) is 30.3 Å². The van der Waals surface area contributed by atoms with Crippen LogP contribution in [0.5, 0.6) is 0 Å². The predicted octanol–water partition coefficient (Wildman–Crippen LogP) is 2.20. The van der Waals surface area contributed by atoms with Gasteiger partial charge in [-0.3, -0.25) is 14.5 Å². The van der Waals surface area contributed by atoms with E-state index in [4.69, 9.17) is 11.6 Å². The van der Waals surface area contributed by atoms with E-state index in [1.807, 2.05) is 6.07 Å². The van der Waals surface area contributed by atoms with Crippen LogP contribution in [-0.4, -0.2) is 33.8 Å². The van der Waals surface area contributed by atoms with Gasteiger partial charge < -0.3 is 5.11 Å². The van der Waals surface area contributed by atoms with Gasteiger partial charge >= 0.3 is 5.97 Å². The third-order valence-electron chi connectivity index (χ3n) is 4.47. The monoisotopic (exact) mass is 333 g/mol. The lowest BCUT2D eigenvalue weighted by atomic mass is 9.85. The number of carbonyl (C=O) groups is 3. The van der Waals surface area contributed by atoms with Crippen molar-refractivity contribution in [3.8, 4) is 0 Å². The molecule has 2 aliphatic rings. The smallest absolute Gasteiger partial charge is 0.327 e. The van der Waals surface area contributed by atoms with Crippen LogP contribution in [0.25, 0.3) is 0 Å². The predicted molar refractivity (Wildman–Crippen MR) is 83.6 cm³/mol. The zero-order valence-corrected chi connectivity index (χ0v) is 13.1. The number of nitrogens with zero attached hydrogens (tertiary/aromatic N) is 1.